The van der Waals surface area contributed by atoms with E-state index in [9.17, 15) is 8.42 Å². The van der Waals surface area contributed by atoms with Crippen molar-refractivity contribution in [1.29, 1.82) is 0 Å². The summed E-state index contributed by atoms with van der Waals surface area (Å²) in [6.07, 6.45) is 14.5. The van der Waals surface area contributed by atoms with E-state index >= 15 is 0 Å². The fraction of sp³-hybridized carbons (Fsp3) is 1.00. The fourth-order valence-corrected chi connectivity index (χ4v) is 2.69. The zero-order chi connectivity index (χ0) is 13.7. The van der Waals surface area contributed by atoms with E-state index in [1.165, 1.54) is 57.8 Å². The van der Waals surface area contributed by atoms with Crippen molar-refractivity contribution in [2.45, 2.75) is 84.0 Å². The molecule has 19 heavy (non-hydrogen) atoms. The second kappa shape index (κ2) is 15.6. The van der Waals surface area contributed by atoms with E-state index in [-0.39, 0.29) is 43.5 Å². The Labute approximate surface area is 149 Å². The van der Waals surface area contributed by atoms with Crippen molar-refractivity contribution < 1.29 is 13.0 Å². The Hall–Kier alpha value is 1.17. The van der Waals surface area contributed by atoms with Gasteiger partial charge in [-0.1, -0.05) is 77.6 Å². The number of hydrogen-bond donors (Lipinski definition) is 1. The molecule has 0 spiro atoms. The monoisotopic (exact) mass is 320 g/mol. The number of rotatable bonds is 13. The SMILES string of the molecule is CCCCCCCCCCCCCCS(=O)(=O)O.[CaH2]. The van der Waals surface area contributed by atoms with Gasteiger partial charge in [0.15, 0.2) is 0 Å². The minimum atomic E-state index is -3.74. The van der Waals surface area contributed by atoms with Crippen molar-refractivity contribution in [3.05, 3.63) is 0 Å². The van der Waals surface area contributed by atoms with E-state index in [1.807, 2.05) is 0 Å². The fourth-order valence-electron chi connectivity index (χ4n) is 2.13. The average molecular weight is 321 g/mol. The molecule has 0 saturated carbocycles. The van der Waals surface area contributed by atoms with Crippen molar-refractivity contribution in [2.75, 3.05) is 5.75 Å². The second-order valence-corrected chi connectivity index (χ2v) is 6.75. The van der Waals surface area contributed by atoms with Gasteiger partial charge in [0, 0.05) is 0 Å². The van der Waals surface area contributed by atoms with E-state index in [2.05, 4.69) is 6.92 Å². The van der Waals surface area contributed by atoms with Gasteiger partial charge < -0.3 is 0 Å². The zero-order valence-corrected chi connectivity index (χ0v) is 12.7. The molecule has 0 fully saturated rings. The molecule has 0 saturated heterocycles. The second-order valence-electron chi connectivity index (χ2n) is 5.18. The van der Waals surface area contributed by atoms with Crippen molar-refractivity contribution in [1.82, 2.24) is 0 Å². The molecule has 0 aliphatic carbocycles. The summed E-state index contributed by atoms with van der Waals surface area (Å²) in [5.41, 5.74) is 0. The van der Waals surface area contributed by atoms with Gasteiger partial charge in [0.2, 0.25) is 0 Å². The Morgan fingerprint density at radius 1 is 0.684 bits per heavy atom. The summed E-state index contributed by atoms with van der Waals surface area (Å²) < 4.78 is 29.5. The van der Waals surface area contributed by atoms with E-state index in [4.69, 9.17) is 4.55 Å². The third kappa shape index (κ3) is 21.6. The average Bonchev–Trinajstić information content (AvgIpc) is 2.29. The molecule has 0 aromatic rings. The first-order chi connectivity index (χ1) is 8.56. The van der Waals surface area contributed by atoms with Crippen LogP contribution in [0.15, 0.2) is 0 Å². The number of hydrogen-bond acceptors (Lipinski definition) is 2. The first-order valence-electron chi connectivity index (χ1n) is 7.51. The molecule has 0 amide bonds. The molecule has 0 heterocycles. The van der Waals surface area contributed by atoms with Crippen LogP contribution in [0.3, 0.4) is 0 Å². The third-order valence-electron chi connectivity index (χ3n) is 3.26. The Kier molecular flexibility index (Phi) is 18.4. The molecule has 5 heteroatoms. The van der Waals surface area contributed by atoms with Crippen molar-refractivity contribution in [2.24, 2.45) is 0 Å². The molecule has 0 radical (unpaired) electrons. The van der Waals surface area contributed by atoms with Crippen molar-refractivity contribution in [3.63, 3.8) is 0 Å². The first kappa shape index (κ1) is 22.5. The van der Waals surface area contributed by atoms with Gasteiger partial charge in [-0.25, -0.2) is 0 Å². The zero-order valence-electron chi connectivity index (χ0n) is 11.9. The Morgan fingerprint density at radius 3 is 1.32 bits per heavy atom. The summed E-state index contributed by atoms with van der Waals surface area (Å²) in [6, 6.07) is 0. The van der Waals surface area contributed by atoms with E-state index in [0.29, 0.717) is 6.42 Å². The Morgan fingerprint density at radius 2 is 1.00 bits per heavy atom. The van der Waals surface area contributed by atoms with Crippen molar-refractivity contribution >= 4 is 47.9 Å². The van der Waals surface area contributed by atoms with Gasteiger partial charge in [-0.05, 0) is 6.42 Å². The standard InChI is InChI=1S/C14H30O3S.Ca.2H/c1-2-3-4-5-6-7-8-9-10-11-12-13-14-18(15,16)17;;;/h2-14H2,1H3,(H,15,16,17);;;. The molecule has 114 valence electrons. The molecule has 0 unspecified atom stereocenters. The van der Waals surface area contributed by atoms with Crippen LogP contribution in [0.4, 0.5) is 0 Å². The quantitative estimate of drug-likeness (QED) is 0.320. The molecule has 0 bridgehead atoms. The minimum absolute atomic E-state index is 0. The normalized spacial score (nSPS) is 11.3. The van der Waals surface area contributed by atoms with Gasteiger partial charge in [0.05, 0.1) is 5.75 Å². The van der Waals surface area contributed by atoms with E-state index in [1.54, 1.807) is 0 Å². The Bertz CT molecular complexity index is 266. The molecule has 0 atom stereocenters. The number of unbranched alkanes of at least 4 members (excludes halogenated alkanes) is 11. The maximum atomic E-state index is 10.5. The van der Waals surface area contributed by atoms with Crippen molar-refractivity contribution in [3.8, 4) is 0 Å². The van der Waals surface area contributed by atoms with Gasteiger partial charge in [-0.2, -0.15) is 8.42 Å². The van der Waals surface area contributed by atoms with E-state index < -0.39 is 10.1 Å². The van der Waals surface area contributed by atoms with Gasteiger partial charge in [-0.15, -0.1) is 0 Å². The molecule has 0 rings (SSSR count). The van der Waals surface area contributed by atoms with Crippen LogP contribution in [0.5, 0.6) is 0 Å². The topological polar surface area (TPSA) is 54.4 Å². The van der Waals surface area contributed by atoms with Crippen LogP contribution in [-0.2, 0) is 10.1 Å². The summed E-state index contributed by atoms with van der Waals surface area (Å²) in [5.74, 6) is -0.0789. The summed E-state index contributed by atoms with van der Waals surface area (Å²) in [6.45, 7) is 2.24. The van der Waals surface area contributed by atoms with E-state index in [0.717, 1.165) is 12.8 Å². The molecular formula is C14H32CaO3S. The molecule has 0 aliphatic rings. The summed E-state index contributed by atoms with van der Waals surface area (Å²) in [7, 11) is -3.74. The molecular weight excluding hydrogens is 288 g/mol. The maximum absolute atomic E-state index is 10.5. The van der Waals surface area contributed by atoms with Gasteiger partial charge >= 0.3 is 37.7 Å². The predicted molar refractivity (Wildman–Crippen MR) is 86.0 cm³/mol. The summed E-state index contributed by atoms with van der Waals surface area (Å²) >= 11 is 0. The van der Waals surface area contributed by atoms with Gasteiger partial charge in [0.25, 0.3) is 10.1 Å². The predicted octanol–water partition coefficient (Wildman–Crippen LogP) is 3.66. The molecule has 0 aromatic carbocycles. The van der Waals surface area contributed by atoms with Crippen LogP contribution >= 0.6 is 0 Å². The van der Waals surface area contributed by atoms with Crippen LogP contribution in [0.25, 0.3) is 0 Å². The van der Waals surface area contributed by atoms with Crippen LogP contribution in [-0.4, -0.2) is 56.5 Å². The molecule has 0 aromatic heterocycles. The first-order valence-corrected chi connectivity index (χ1v) is 9.12. The molecule has 3 nitrogen and oxygen atoms in total. The summed E-state index contributed by atoms with van der Waals surface area (Å²) in [4.78, 5) is 0. The van der Waals surface area contributed by atoms with Gasteiger partial charge in [-0.3, -0.25) is 4.55 Å². The van der Waals surface area contributed by atoms with Crippen LogP contribution in [0, 0.1) is 0 Å². The van der Waals surface area contributed by atoms with Crippen LogP contribution < -0.4 is 0 Å². The summed E-state index contributed by atoms with van der Waals surface area (Å²) in [5, 5.41) is 0. The Balaban J connectivity index is 0. The van der Waals surface area contributed by atoms with Gasteiger partial charge in [0.1, 0.15) is 0 Å². The van der Waals surface area contributed by atoms with Crippen LogP contribution in [0.2, 0.25) is 0 Å². The molecule has 0 aliphatic heterocycles. The molecule has 1 N–H and O–H groups in total. The van der Waals surface area contributed by atoms with Crippen LogP contribution in [0.1, 0.15) is 84.0 Å². The third-order valence-corrected chi connectivity index (χ3v) is 4.06.